The van der Waals surface area contributed by atoms with Crippen LogP contribution in [-0.2, 0) is 11.3 Å². The first kappa shape index (κ1) is 18.4. The minimum absolute atomic E-state index is 0.123. The molecular formula is C20H22FN3O4. The monoisotopic (exact) mass is 387 g/mol. The number of hydrogen-bond donors (Lipinski definition) is 2. The number of carbonyl (C=O) groups excluding carboxylic acids is 1. The van der Waals surface area contributed by atoms with Crippen molar-refractivity contribution in [3.8, 4) is 11.5 Å². The van der Waals surface area contributed by atoms with Crippen molar-refractivity contribution in [2.75, 3.05) is 49.7 Å². The van der Waals surface area contributed by atoms with Gasteiger partial charge in [-0.3, -0.25) is 0 Å². The summed E-state index contributed by atoms with van der Waals surface area (Å²) in [5.74, 6) is 0.348. The number of phenolic OH excluding ortho intramolecular Hbond substituents is 1. The Hall–Kier alpha value is -3.00. The predicted molar refractivity (Wildman–Crippen MR) is 102 cm³/mol. The lowest BCUT2D eigenvalue weighted by Gasteiger charge is -2.31. The van der Waals surface area contributed by atoms with Crippen molar-refractivity contribution in [2.24, 2.45) is 0 Å². The lowest BCUT2D eigenvalue weighted by atomic mass is 10.2. The summed E-state index contributed by atoms with van der Waals surface area (Å²) in [4.78, 5) is 16.5. The Balaban J connectivity index is 1.52. The van der Waals surface area contributed by atoms with E-state index in [1.165, 1.54) is 12.1 Å². The van der Waals surface area contributed by atoms with Gasteiger partial charge in [-0.2, -0.15) is 0 Å². The van der Waals surface area contributed by atoms with Gasteiger partial charge in [-0.25, -0.2) is 9.18 Å². The normalized spacial score (nSPS) is 16.8. The fourth-order valence-corrected chi connectivity index (χ4v) is 3.40. The number of nitrogens with zero attached hydrogens (tertiary/aromatic N) is 2. The van der Waals surface area contributed by atoms with E-state index in [1.807, 2.05) is 4.90 Å². The summed E-state index contributed by atoms with van der Waals surface area (Å²) in [6.07, 6.45) is 0. The van der Waals surface area contributed by atoms with Crippen LogP contribution in [0.1, 0.15) is 5.56 Å². The van der Waals surface area contributed by atoms with Crippen LogP contribution in [0, 0.1) is 5.82 Å². The number of aromatic hydroxyl groups is 1. The number of amides is 2. The topological polar surface area (TPSA) is 74.3 Å². The summed E-state index contributed by atoms with van der Waals surface area (Å²) in [6.45, 7) is 3.49. The summed E-state index contributed by atoms with van der Waals surface area (Å²) < 4.78 is 24.8. The molecule has 2 aliphatic heterocycles. The van der Waals surface area contributed by atoms with Gasteiger partial charge in [0.05, 0.1) is 37.7 Å². The molecule has 0 aliphatic carbocycles. The molecule has 1 fully saturated rings. The molecule has 0 spiro atoms. The second kappa shape index (κ2) is 7.93. The number of morpholine rings is 1. The average molecular weight is 387 g/mol. The van der Waals surface area contributed by atoms with E-state index >= 15 is 0 Å². The highest BCUT2D eigenvalue weighted by molar-refractivity contribution is 5.93. The van der Waals surface area contributed by atoms with Crippen LogP contribution in [-0.4, -0.2) is 55.5 Å². The van der Waals surface area contributed by atoms with Crippen LogP contribution in [0.3, 0.4) is 0 Å². The number of anilines is 2. The Kier molecular flexibility index (Phi) is 5.21. The third kappa shape index (κ3) is 3.96. The van der Waals surface area contributed by atoms with Crippen LogP contribution in [0.2, 0.25) is 0 Å². The van der Waals surface area contributed by atoms with E-state index in [0.717, 1.165) is 5.56 Å². The number of urea groups is 1. The third-order valence-corrected chi connectivity index (χ3v) is 4.87. The molecule has 2 heterocycles. The number of benzene rings is 2. The van der Waals surface area contributed by atoms with E-state index in [1.54, 1.807) is 29.2 Å². The minimum atomic E-state index is -0.351. The second-order valence-corrected chi connectivity index (χ2v) is 6.75. The smallest absolute Gasteiger partial charge is 0.322 e. The molecule has 0 aromatic heterocycles. The van der Waals surface area contributed by atoms with Crippen molar-refractivity contribution in [3.05, 3.63) is 47.8 Å². The zero-order chi connectivity index (χ0) is 19.5. The summed E-state index contributed by atoms with van der Waals surface area (Å²) in [7, 11) is 0. The molecule has 1 saturated heterocycles. The lowest BCUT2D eigenvalue weighted by Crippen LogP contribution is -2.38. The standard InChI is InChI=1S/C20H22FN3O4/c21-15-2-4-17(18(11-15)23-5-8-27-9-6-23)22-20(26)24-7-10-28-19-12-16(25)3-1-14(19)13-24/h1-4,11-12,25H,5-10,13H2,(H,22,26). The molecule has 148 valence electrons. The number of phenols is 1. The summed E-state index contributed by atoms with van der Waals surface area (Å²) >= 11 is 0. The van der Waals surface area contributed by atoms with Crippen LogP contribution in [0.25, 0.3) is 0 Å². The maximum atomic E-state index is 13.8. The van der Waals surface area contributed by atoms with Gasteiger partial charge >= 0.3 is 6.03 Å². The number of nitrogens with one attached hydrogen (secondary N) is 1. The maximum Gasteiger partial charge on any atom is 0.322 e. The molecule has 28 heavy (non-hydrogen) atoms. The number of hydrogen-bond acceptors (Lipinski definition) is 5. The van der Waals surface area contributed by atoms with E-state index in [-0.39, 0.29) is 17.6 Å². The van der Waals surface area contributed by atoms with Gasteiger partial charge in [-0.1, -0.05) is 0 Å². The van der Waals surface area contributed by atoms with E-state index in [0.29, 0.717) is 63.1 Å². The number of rotatable bonds is 2. The van der Waals surface area contributed by atoms with Gasteiger partial charge in [0.2, 0.25) is 0 Å². The van der Waals surface area contributed by atoms with Gasteiger partial charge in [0.15, 0.2) is 0 Å². The first-order chi connectivity index (χ1) is 13.6. The van der Waals surface area contributed by atoms with Crippen LogP contribution in [0.5, 0.6) is 11.5 Å². The molecule has 4 rings (SSSR count). The van der Waals surface area contributed by atoms with Crippen molar-refractivity contribution in [2.45, 2.75) is 6.54 Å². The quantitative estimate of drug-likeness (QED) is 0.829. The largest absolute Gasteiger partial charge is 0.508 e. The minimum Gasteiger partial charge on any atom is -0.508 e. The van der Waals surface area contributed by atoms with Gasteiger partial charge in [0.1, 0.15) is 23.9 Å². The highest BCUT2D eigenvalue weighted by Crippen LogP contribution is 2.30. The van der Waals surface area contributed by atoms with E-state index in [9.17, 15) is 14.3 Å². The second-order valence-electron chi connectivity index (χ2n) is 6.75. The van der Waals surface area contributed by atoms with Crippen molar-refractivity contribution >= 4 is 17.4 Å². The van der Waals surface area contributed by atoms with Crippen LogP contribution < -0.4 is 15.0 Å². The number of ether oxygens (including phenoxy) is 2. The van der Waals surface area contributed by atoms with Gasteiger partial charge < -0.3 is 29.7 Å². The molecular weight excluding hydrogens is 365 g/mol. The highest BCUT2D eigenvalue weighted by Gasteiger charge is 2.22. The Labute approximate surface area is 162 Å². The fraction of sp³-hybridized carbons (Fsp3) is 0.350. The summed E-state index contributed by atoms with van der Waals surface area (Å²) in [5, 5.41) is 12.5. The third-order valence-electron chi connectivity index (χ3n) is 4.87. The molecule has 0 bridgehead atoms. The van der Waals surface area contributed by atoms with E-state index in [2.05, 4.69) is 5.32 Å². The molecule has 2 aromatic rings. The number of halogens is 1. The Morgan fingerprint density at radius 1 is 1.07 bits per heavy atom. The molecule has 0 unspecified atom stereocenters. The first-order valence-electron chi connectivity index (χ1n) is 9.23. The zero-order valence-electron chi connectivity index (χ0n) is 15.4. The number of carbonyl (C=O) groups is 1. The molecule has 0 saturated carbocycles. The maximum absolute atomic E-state index is 13.8. The summed E-state index contributed by atoms with van der Waals surface area (Å²) in [6, 6.07) is 8.93. The van der Waals surface area contributed by atoms with Crippen molar-refractivity contribution in [3.63, 3.8) is 0 Å². The highest BCUT2D eigenvalue weighted by atomic mass is 19.1. The zero-order valence-corrected chi connectivity index (χ0v) is 15.4. The molecule has 2 aliphatic rings. The van der Waals surface area contributed by atoms with Gasteiger partial charge in [0, 0.05) is 24.7 Å². The molecule has 2 aromatic carbocycles. The Bertz CT molecular complexity index is 871. The average Bonchev–Trinajstić information content (AvgIpc) is 2.92. The first-order valence-corrected chi connectivity index (χ1v) is 9.23. The van der Waals surface area contributed by atoms with E-state index < -0.39 is 0 Å². The van der Waals surface area contributed by atoms with Gasteiger partial charge in [0.25, 0.3) is 0 Å². The fourth-order valence-electron chi connectivity index (χ4n) is 3.40. The van der Waals surface area contributed by atoms with Crippen LogP contribution in [0.15, 0.2) is 36.4 Å². The number of fused-ring (bicyclic) bond motifs is 1. The SMILES string of the molecule is O=C(Nc1ccc(F)cc1N1CCOCC1)N1CCOc2cc(O)ccc2C1. The molecule has 2 N–H and O–H groups in total. The van der Waals surface area contributed by atoms with Gasteiger partial charge in [-0.15, -0.1) is 0 Å². The predicted octanol–water partition coefficient (Wildman–Crippen LogP) is 2.79. The van der Waals surface area contributed by atoms with Crippen LogP contribution >= 0.6 is 0 Å². The van der Waals surface area contributed by atoms with Crippen molar-refractivity contribution in [1.29, 1.82) is 0 Å². The van der Waals surface area contributed by atoms with Gasteiger partial charge in [-0.05, 0) is 30.3 Å². The molecule has 8 heteroatoms. The summed E-state index contributed by atoms with van der Waals surface area (Å²) in [5.41, 5.74) is 2.02. The Morgan fingerprint density at radius 3 is 2.71 bits per heavy atom. The van der Waals surface area contributed by atoms with E-state index in [4.69, 9.17) is 9.47 Å². The lowest BCUT2D eigenvalue weighted by molar-refractivity contribution is 0.122. The van der Waals surface area contributed by atoms with Crippen LogP contribution in [0.4, 0.5) is 20.6 Å². The van der Waals surface area contributed by atoms with Crippen molar-refractivity contribution < 1.29 is 23.8 Å². The molecule has 7 nitrogen and oxygen atoms in total. The van der Waals surface area contributed by atoms with Crippen molar-refractivity contribution in [1.82, 2.24) is 4.90 Å². The molecule has 2 amide bonds. The Morgan fingerprint density at radius 2 is 1.89 bits per heavy atom. The molecule has 0 atom stereocenters. The molecule has 0 radical (unpaired) electrons.